The Morgan fingerprint density at radius 3 is 2.67 bits per heavy atom. The summed E-state index contributed by atoms with van der Waals surface area (Å²) in [6.45, 7) is 6.11. The molecule has 21 heavy (non-hydrogen) atoms. The molecule has 0 unspecified atom stereocenters. The molecule has 0 spiro atoms. The summed E-state index contributed by atoms with van der Waals surface area (Å²) in [5, 5.41) is 1.01. The van der Waals surface area contributed by atoms with Crippen LogP contribution in [0.2, 0.25) is 0 Å². The van der Waals surface area contributed by atoms with E-state index in [-0.39, 0.29) is 5.92 Å². The molecule has 0 atom stereocenters. The molecule has 0 fully saturated rings. The van der Waals surface area contributed by atoms with Gasteiger partial charge in [-0.25, -0.2) is 15.8 Å². The molecule has 3 N–H and O–H groups in total. The van der Waals surface area contributed by atoms with Gasteiger partial charge >= 0.3 is 0 Å². The first kappa shape index (κ1) is 13.6. The maximum atomic E-state index is 5.80. The third-order valence-electron chi connectivity index (χ3n) is 3.48. The highest BCUT2D eigenvalue weighted by Gasteiger charge is 2.17. The lowest BCUT2D eigenvalue weighted by molar-refractivity contribution is 0.579. The monoisotopic (exact) mass is 282 g/mol. The highest BCUT2D eigenvalue weighted by molar-refractivity contribution is 5.93. The number of para-hydroxylation sites is 1. The molecule has 0 radical (unpaired) electrons. The van der Waals surface area contributed by atoms with E-state index in [0.717, 1.165) is 28.0 Å². The van der Waals surface area contributed by atoms with Crippen LogP contribution in [0, 0.1) is 6.92 Å². The topological polar surface area (TPSA) is 77.0 Å². The van der Waals surface area contributed by atoms with E-state index in [1.807, 2.05) is 37.3 Å². The number of hydrogen-bond donors (Lipinski definition) is 2. The molecule has 0 amide bonds. The number of hydrazine groups is 1. The summed E-state index contributed by atoms with van der Waals surface area (Å²) in [5.74, 6) is 7.86. The average molecular weight is 282 g/mol. The lowest BCUT2D eigenvalue weighted by Crippen LogP contribution is -2.11. The Balaban J connectivity index is 2.27. The number of aromatic nitrogens is 2. The number of nitrogen functional groups attached to an aromatic ring is 1. The lowest BCUT2D eigenvalue weighted by Gasteiger charge is -2.09. The normalized spacial score (nSPS) is 11.3. The third kappa shape index (κ3) is 2.36. The minimum Gasteiger partial charge on any atom is -0.461 e. The van der Waals surface area contributed by atoms with Crippen molar-refractivity contribution in [2.75, 3.05) is 5.43 Å². The Bertz CT molecular complexity index is 792. The van der Waals surface area contributed by atoms with E-state index in [1.54, 1.807) is 0 Å². The summed E-state index contributed by atoms with van der Waals surface area (Å²) in [7, 11) is 0. The highest BCUT2D eigenvalue weighted by atomic mass is 16.3. The van der Waals surface area contributed by atoms with Gasteiger partial charge in [0.1, 0.15) is 17.2 Å². The number of nitrogens with one attached hydrogen (secondary N) is 1. The van der Waals surface area contributed by atoms with Crippen LogP contribution >= 0.6 is 0 Å². The van der Waals surface area contributed by atoms with Gasteiger partial charge < -0.3 is 9.84 Å². The zero-order chi connectivity index (χ0) is 15.0. The van der Waals surface area contributed by atoms with Crippen LogP contribution in [0.1, 0.15) is 31.2 Å². The van der Waals surface area contributed by atoms with Gasteiger partial charge in [-0.15, -0.1) is 0 Å². The number of aryl methyl sites for hydroxylation is 1. The predicted molar refractivity (Wildman–Crippen MR) is 83.9 cm³/mol. The van der Waals surface area contributed by atoms with Crippen molar-refractivity contribution >= 4 is 16.8 Å². The van der Waals surface area contributed by atoms with Crippen LogP contribution in [-0.2, 0) is 0 Å². The van der Waals surface area contributed by atoms with Crippen molar-refractivity contribution in [1.82, 2.24) is 9.97 Å². The summed E-state index contributed by atoms with van der Waals surface area (Å²) in [6, 6.07) is 9.76. The Kier molecular flexibility index (Phi) is 3.35. The maximum Gasteiger partial charge on any atom is 0.165 e. The second-order valence-corrected chi connectivity index (χ2v) is 5.33. The van der Waals surface area contributed by atoms with Gasteiger partial charge in [-0.1, -0.05) is 32.0 Å². The van der Waals surface area contributed by atoms with Crippen LogP contribution in [0.3, 0.4) is 0 Å². The van der Waals surface area contributed by atoms with Gasteiger partial charge in [0.05, 0.1) is 5.56 Å². The zero-order valence-corrected chi connectivity index (χ0v) is 12.3. The average Bonchev–Trinajstić information content (AvgIpc) is 2.82. The Morgan fingerprint density at radius 1 is 1.19 bits per heavy atom. The largest absolute Gasteiger partial charge is 0.461 e. The standard InChI is InChI=1S/C16H18N4O/c1-9(2)12-8-14(20-17)19-16(18-12)15-10(3)21-13-7-5-4-6-11(13)15/h4-9H,17H2,1-3H3,(H,18,19,20). The number of furan rings is 1. The smallest absolute Gasteiger partial charge is 0.165 e. The van der Waals surface area contributed by atoms with Crippen LogP contribution in [0.5, 0.6) is 0 Å². The molecule has 108 valence electrons. The molecule has 3 aromatic rings. The fraction of sp³-hybridized carbons (Fsp3) is 0.250. The van der Waals surface area contributed by atoms with Crippen molar-refractivity contribution in [3.05, 3.63) is 41.8 Å². The van der Waals surface area contributed by atoms with Gasteiger partial charge in [0.15, 0.2) is 5.82 Å². The van der Waals surface area contributed by atoms with Crippen molar-refractivity contribution in [2.24, 2.45) is 5.84 Å². The molecule has 2 aromatic heterocycles. The first-order valence-electron chi connectivity index (χ1n) is 6.94. The Morgan fingerprint density at radius 2 is 1.95 bits per heavy atom. The SMILES string of the molecule is Cc1oc2ccccc2c1-c1nc(NN)cc(C(C)C)n1. The molecular weight excluding hydrogens is 264 g/mol. The van der Waals surface area contributed by atoms with E-state index < -0.39 is 0 Å². The number of rotatable bonds is 3. The molecule has 2 heterocycles. The van der Waals surface area contributed by atoms with E-state index in [4.69, 9.17) is 10.3 Å². The maximum absolute atomic E-state index is 5.80. The summed E-state index contributed by atoms with van der Waals surface area (Å²) in [4.78, 5) is 9.15. The highest BCUT2D eigenvalue weighted by Crippen LogP contribution is 2.33. The number of benzene rings is 1. The molecule has 0 saturated carbocycles. The molecule has 0 bridgehead atoms. The van der Waals surface area contributed by atoms with Crippen LogP contribution in [0.25, 0.3) is 22.4 Å². The second-order valence-electron chi connectivity index (χ2n) is 5.33. The molecule has 5 nitrogen and oxygen atoms in total. The zero-order valence-electron chi connectivity index (χ0n) is 12.3. The molecule has 0 aliphatic heterocycles. The number of nitrogens with zero attached hydrogens (tertiary/aromatic N) is 2. The Hall–Kier alpha value is -2.40. The van der Waals surface area contributed by atoms with Gasteiger partial charge in [-0.2, -0.15) is 0 Å². The fourth-order valence-electron chi connectivity index (χ4n) is 2.39. The molecule has 5 heteroatoms. The third-order valence-corrected chi connectivity index (χ3v) is 3.48. The number of anilines is 1. The van der Waals surface area contributed by atoms with E-state index in [2.05, 4.69) is 29.2 Å². The Labute approximate surface area is 123 Å². The van der Waals surface area contributed by atoms with Crippen molar-refractivity contribution in [3.63, 3.8) is 0 Å². The lowest BCUT2D eigenvalue weighted by atomic mass is 10.1. The van der Waals surface area contributed by atoms with Crippen LogP contribution in [0.4, 0.5) is 5.82 Å². The number of fused-ring (bicyclic) bond motifs is 1. The van der Waals surface area contributed by atoms with Gasteiger partial charge in [0.2, 0.25) is 0 Å². The quantitative estimate of drug-likeness (QED) is 0.567. The number of nitrogens with two attached hydrogens (primary N) is 1. The summed E-state index contributed by atoms with van der Waals surface area (Å²) >= 11 is 0. The molecule has 1 aromatic carbocycles. The second kappa shape index (κ2) is 5.18. The minimum atomic E-state index is 0.289. The molecule has 0 aliphatic rings. The summed E-state index contributed by atoms with van der Waals surface area (Å²) in [6.07, 6.45) is 0. The van der Waals surface area contributed by atoms with E-state index in [1.165, 1.54) is 0 Å². The van der Waals surface area contributed by atoms with E-state index in [0.29, 0.717) is 11.6 Å². The first-order chi connectivity index (χ1) is 10.1. The minimum absolute atomic E-state index is 0.289. The summed E-state index contributed by atoms with van der Waals surface area (Å²) in [5.41, 5.74) is 5.31. The van der Waals surface area contributed by atoms with Crippen LogP contribution < -0.4 is 11.3 Å². The van der Waals surface area contributed by atoms with Crippen LogP contribution in [-0.4, -0.2) is 9.97 Å². The van der Waals surface area contributed by atoms with Gasteiger partial charge in [-0.05, 0) is 18.9 Å². The molecule has 0 aliphatic carbocycles. The molecular formula is C16H18N4O. The fourth-order valence-corrected chi connectivity index (χ4v) is 2.39. The van der Waals surface area contributed by atoms with Crippen molar-refractivity contribution in [1.29, 1.82) is 0 Å². The van der Waals surface area contributed by atoms with Gasteiger partial charge in [-0.3, -0.25) is 0 Å². The molecule has 3 rings (SSSR count). The van der Waals surface area contributed by atoms with Crippen LogP contribution in [0.15, 0.2) is 34.7 Å². The van der Waals surface area contributed by atoms with E-state index in [9.17, 15) is 0 Å². The first-order valence-corrected chi connectivity index (χ1v) is 6.94. The predicted octanol–water partition coefficient (Wildman–Crippen LogP) is 3.61. The van der Waals surface area contributed by atoms with Crippen molar-refractivity contribution in [2.45, 2.75) is 26.7 Å². The van der Waals surface area contributed by atoms with Crippen molar-refractivity contribution in [3.8, 4) is 11.4 Å². The van der Waals surface area contributed by atoms with Crippen molar-refractivity contribution < 1.29 is 4.42 Å². The van der Waals surface area contributed by atoms with Gasteiger partial charge in [0.25, 0.3) is 0 Å². The summed E-state index contributed by atoms with van der Waals surface area (Å²) < 4.78 is 5.80. The molecule has 0 saturated heterocycles. The number of hydrogen-bond acceptors (Lipinski definition) is 5. The van der Waals surface area contributed by atoms with E-state index >= 15 is 0 Å². The van der Waals surface area contributed by atoms with Gasteiger partial charge in [0, 0.05) is 17.1 Å².